The maximum absolute atomic E-state index is 13.0. The molecule has 0 radical (unpaired) electrons. The van der Waals surface area contributed by atoms with Crippen molar-refractivity contribution < 1.29 is 27.4 Å². The topological polar surface area (TPSA) is 74.3 Å². The lowest BCUT2D eigenvalue weighted by atomic mass is 10.0. The highest BCUT2D eigenvalue weighted by Crippen LogP contribution is 2.37. The van der Waals surface area contributed by atoms with Crippen LogP contribution in [0.1, 0.15) is 11.1 Å². The van der Waals surface area contributed by atoms with Gasteiger partial charge < -0.3 is 18.9 Å². The van der Waals surface area contributed by atoms with Crippen LogP contribution in [0, 0.1) is 0 Å². The molecule has 2 aliphatic heterocycles. The molecule has 0 bridgehead atoms. The molecule has 0 spiro atoms. The van der Waals surface area contributed by atoms with E-state index in [0.717, 1.165) is 11.1 Å². The molecule has 138 valence electrons. The number of rotatable bonds is 4. The molecule has 0 aromatic heterocycles. The predicted molar refractivity (Wildman–Crippen MR) is 93.4 cm³/mol. The van der Waals surface area contributed by atoms with E-state index in [1.54, 1.807) is 26.4 Å². The summed E-state index contributed by atoms with van der Waals surface area (Å²) in [6.07, 6.45) is 0.611. The van der Waals surface area contributed by atoms with Gasteiger partial charge >= 0.3 is 0 Å². The molecule has 8 heteroatoms. The molecule has 26 heavy (non-hydrogen) atoms. The van der Waals surface area contributed by atoms with Gasteiger partial charge in [0.1, 0.15) is 0 Å². The van der Waals surface area contributed by atoms with E-state index in [1.807, 2.05) is 12.1 Å². The zero-order chi connectivity index (χ0) is 18.3. The summed E-state index contributed by atoms with van der Waals surface area (Å²) in [4.78, 5) is 0.200. The molecule has 2 aliphatic rings. The molecule has 2 aromatic carbocycles. The van der Waals surface area contributed by atoms with Crippen LogP contribution in [0.3, 0.4) is 0 Å². The molecule has 2 aromatic rings. The fourth-order valence-electron chi connectivity index (χ4n) is 3.25. The van der Waals surface area contributed by atoms with E-state index in [-0.39, 0.29) is 18.2 Å². The van der Waals surface area contributed by atoms with Crippen LogP contribution >= 0.6 is 0 Å². The third-order valence-electron chi connectivity index (χ3n) is 4.66. The van der Waals surface area contributed by atoms with Crippen LogP contribution in [0.15, 0.2) is 35.2 Å². The van der Waals surface area contributed by atoms with Crippen molar-refractivity contribution >= 4 is 10.0 Å². The fraction of sp³-hybridized carbons (Fsp3) is 0.333. The molecule has 0 unspecified atom stereocenters. The highest BCUT2D eigenvalue weighted by Gasteiger charge is 2.30. The maximum atomic E-state index is 13.0. The minimum Gasteiger partial charge on any atom is -0.493 e. The van der Waals surface area contributed by atoms with Crippen LogP contribution in [-0.4, -0.2) is 40.3 Å². The Hall–Kier alpha value is -2.45. The first-order valence-corrected chi connectivity index (χ1v) is 9.60. The Morgan fingerprint density at radius 2 is 1.65 bits per heavy atom. The molecular formula is C18H19NO6S. The van der Waals surface area contributed by atoms with Gasteiger partial charge in [-0.05, 0) is 41.8 Å². The predicted octanol–water partition coefficient (Wildman–Crippen LogP) is 2.18. The normalized spacial score (nSPS) is 16.2. The number of benzene rings is 2. The summed E-state index contributed by atoms with van der Waals surface area (Å²) in [5.74, 6) is 2.26. The molecule has 0 saturated carbocycles. The van der Waals surface area contributed by atoms with Gasteiger partial charge in [-0.2, -0.15) is 4.31 Å². The molecule has 2 heterocycles. The summed E-state index contributed by atoms with van der Waals surface area (Å²) in [6, 6.07) is 8.45. The first kappa shape index (κ1) is 17.0. The minimum atomic E-state index is -3.64. The second kappa shape index (κ2) is 6.37. The number of methoxy groups -OCH3 is 2. The SMILES string of the molecule is COc1cc2c(cc1OC)CN(S(=O)(=O)c1ccc3c(c1)OCO3)CC2. The summed E-state index contributed by atoms with van der Waals surface area (Å²) in [7, 11) is -0.485. The molecule has 0 N–H and O–H groups in total. The lowest BCUT2D eigenvalue weighted by Crippen LogP contribution is -2.36. The van der Waals surface area contributed by atoms with E-state index in [4.69, 9.17) is 18.9 Å². The van der Waals surface area contributed by atoms with Crippen LogP contribution < -0.4 is 18.9 Å². The Morgan fingerprint density at radius 3 is 2.38 bits per heavy atom. The van der Waals surface area contributed by atoms with Crippen LogP contribution in [0.5, 0.6) is 23.0 Å². The van der Waals surface area contributed by atoms with Crippen molar-refractivity contribution in [2.75, 3.05) is 27.6 Å². The van der Waals surface area contributed by atoms with Gasteiger partial charge in [0.25, 0.3) is 0 Å². The van der Waals surface area contributed by atoms with Crippen molar-refractivity contribution in [2.45, 2.75) is 17.9 Å². The van der Waals surface area contributed by atoms with E-state index in [9.17, 15) is 8.42 Å². The molecule has 0 aliphatic carbocycles. The largest absolute Gasteiger partial charge is 0.493 e. The third-order valence-corrected chi connectivity index (χ3v) is 6.51. The molecule has 0 amide bonds. The van der Waals surface area contributed by atoms with Gasteiger partial charge in [-0.1, -0.05) is 0 Å². The zero-order valence-corrected chi connectivity index (χ0v) is 15.3. The molecule has 0 atom stereocenters. The average Bonchev–Trinajstić information content (AvgIpc) is 3.14. The van der Waals surface area contributed by atoms with Gasteiger partial charge in [0.2, 0.25) is 16.8 Å². The van der Waals surface area contributed by atoms with Crippen molar-refractivity contribution in [3.8, 4) is 23.0 Å². The van der Waals surface area contributed by atoms with Gasteiger partial charge in [-0.15, -0.1) is 0 Å². The maximum Gasteiger partial charge on any atom is 0.243 e. The van der Waals surface area contributed by atoms with E-state index in [1.165, 1.54) is 10.4 Å². The van der Waals surface area contributed by atoms with E-state index in [2.05, 4.69) is 0 Å². The summed E-state index contributed by atoms with van der Waals surface area (Å²) < 4.78 is 48.8. The zero-order valence-electron chi connectivity index (χ0n) is 14.5. The molecular weight excluding hydrogens is 358 g/mol. The number of hydrogen-bond donors (Lipinski definition) is 0. The Bertz CT molecular complexity index is 956. The minimum absolute atomic E-state index is 0.109. The van der Waals surface area contributed by atoms with Crippen LogP contribution in [0.4, 0.5) is 0 Å². The quantitative estimate of drug-likeness (QED) is 0.813. The lowest BCUT2D eigenvalue weighted by Gasteiger charge is -2.29. The van der Waals surface area contributed by atoms with E-state index < -0.39 is 10.0 Å². The number of sulfonamides is 1. The van der Waals surface area contributed by atoms with Crippen molar-refractivity contribution in [1.29, 1.82) is 0 Å². The number of nitrogens with zero attached hydrogens (tertiary/aromatic N) is 1. The van der Waals surface area contributed by atoms with Crippen LogP contribution in [-0.2, 0) is 23.0 Å². The second-order valence-electron chi connectivity index (χ2n) is 6.08. The summed E-state index contributed by atoms with van der Waals surface area (Å²) >= 11 is 0. The monoisotopic (exact) mass is 377 g/mol. The van der Waals surface area contributed by atoms with Crippen molar-refractivity contribution in [3.05, 3.63) is 41.5 Å². The van der Waals surface area contributed by atoms with Gasteiger partial charge in [-0.25, -0.2) is 8.42 Å². The first-order valence-electron chi connectivity index (χ1n) is 8.16. The average molecular weight is 377 g/mol. The molecule has 0 saturated heterocycles. The Kier molecular flexibility index (Phi) is 4.16. The third kappa shape index (κ3) is 2.75. The van der Waals surface area contributed by atoms with Gasteiger partial charge in [0, 0.05) is 19.2 Å². The molecule has 0 fully saturated rings. The molecule has 7 nitrogen and oxygen atoms in total. The highest BCUT2D eigenvalue weighted by atomic mass is 32.2. The smallest absolute Gasteiger partial charge is 0.243 e. The second-order valence-corrected chi connectivity index (χ2v) is 8.02. The van der Waals surface area contributed by atoms with E-state index >= 15 is 0 Å². The van der Waals surface area contributed by atoms with Crippen LogP contribution in [0.2, 0.25) is 0 Å². The van der Waals surface area contributed by atoms with Crippen molar-refractivity contribution in [3.63, 3.8) is 0 Å². The molecule has 4 rings (SSSR count). The first-order chi connectivity index (χ1) is 12.5. The fourth-order valence-corrected chi connectivity index (χ4v) is 4.68. The van der Waals surface area contributed by atoms with Crippen LogP contribution in [0.25, 0.3) is 0 Å². The number of fused-ring (bicyclic) bond motifs is 2. The van der Waals surface area contributed by atoms with Gasteiger partial charge in [-0.3, -0.25) is 0 Å². The highest BCUT2D eigenvalue weighted by molar-refractivity contribution is 7.89. The number of ether oxygens (including phenoxy) is 4. The summed E-state index contributed by atoms with van der Waals surface area (Å²) in [5.41, 5.74) is 1.98. The Morgan fingerprint density at radius 1 is 0.962 bits per heavy atom. The Labute approximate surface area is 152 Å². The van der Waals surface area contributed by atoms with E-state index in [0.29, 0.717) is 36.0 Å². The number of hydrogen-bond acceptors (Lipinski definition) is 6. The summed E-state index contributed by atoms with van der Waals surface area (Å²) in [6.45, 7) is 0.795. The van der Waals surface area contributed by atoms with Crippen molar-refractivity contribution in [1.82, 2.24) is 4.31 Å². The Balaban J connectivity index is 1.65. The summed E-state index contributed by atoms with van der Waals surface area (Å²) in [5, 5.41) is 0. The standard InChI is InChI=1S/C18H19NO6S/c1-22-16-7-12-5-6-19(10-13(12)8-17(16)23-2)26(20,21)14-3-4-15-18(9-14)25-11-24-15/h3-4,7-9H,5-6,10-11H2,1-2H3. The lowest BCUT2D eigenvalue weighted by molar-refractivity contribution is 0.174. The van der Waals surface area contributed by atoms with Gasteiger partial charge in [0.15, 0.2) is 23.0 Å². The van der Waals surface area contributed by atoms with Gasteiger partial charge in [0.05, 0.1) is 19.1 Å². The van der Waals surface area contributed by atoms with Crippen molar-refractivity contribution in [2.24, 2.45) is 0 Å².